The molecule has 2 amide bonds. The Bertz CT molecular complexity index is 1170. The molecule has 2 fully saturated rings. The summed E-state index contributed by atoms with van der Waals surface area (Å²) in [7, 11) is -3.36. The van der Waals surface area contributed by atoms with Crippen LogP contribution in [0.2, 0.25) is 0 Å². The largest absolute Gasteiger partial charge is 0.392 e. The molecule has 182 valence electrons. The summed E-state index contributed by atoms with van der Waals surface area (Å²) in [6.45, 7) is 2.27. The lowest BCUT2D eigenvalue weighted by atomic mass is 10.1. The minimum Gasteiger partial charge on any atom is -0.392 e. The number of nitrogens with zero attached hydrogens (tertiary/aromatic N) is 3. The van der Waals surface area contributed by atoms with Gasteiger partial charge in [-0.1, -0.05) is 17.3 Å². The van der Waals surface area contributed by atoms with E-state index in [0.717, 1.165) is 43.4 Å². The van der Waals surface area contributed by atoms with Gasteiger partial charge in [0.25, 0.3) is 5.91 Å². The van der Waals surface area contributed by atoms with E-state index in [9.17, 15) is 18.0 Å². The van der Waals surface area contributed by atoms with Gasteiger partial charge in [0, 0.05) is 42.5 Å². The average molecular weight is 506 g/mol. The normalized spacial score (nSPS) is 18.0. The van der Waals surface area contributed by atoms with Crippen molar-refractivity contribution < 1.29 is 22.8 Å². The molecule has 1 saturated carbocycles. The molecule has 2 heterocycles. The van der Waals surface area contributed by atoms with Crippen LogP contribution in [0.4, 0.5) is 5.13 Å². The molecule has 2 aromatic rings. The second-order valence-corrected chi connectivity index (χ2v) is 11.5. The smallest absolute Gasteiger partial charge is 0.280 e. The Kier molecular flexibility index (Phi) is 7.59. The molecular weight excluding hydrogens is 478 g/mol. The standard InChI is InChI=1S/C22H27N5O5S2/c1-34(30,31)18-8-6-15(7-9-18)20(26-32-16-4-2-3-5-16)21(29)25-22-24-12-17(33-22)13-27-11-10-23-19(28)14-27/h6-9,12,16H,2-5,10-11,13-14H2,1H3,(H,23,28)(H,24,25,29). The number of oxime groups is 1. The third kappa shape index (κ3) is 6.39. The zero-order chi connectivity index (χ0) is 24.1. The highest BCUT2D eigenvalue weighted by Gasteiger charge is 2.22. The van der Waals surface area contributed by atoms with E-state index in [4.69, 9.17) is 4.84 Å². The Morgan fingerprint density at radius 1 is 1.29 bits per heavy atom. The molecular formula is C22H27N5O5S2. The van der Waals surface area contributed by atoms with E-state index in [1.807, 2.05) is 4.90 Å². The first kappa shape index (κ1) is 24.3. The number of sulfone groups is 1. The molecule has 1 aliphatic heterocycles. The number of aromatic nitrogens is 1. The average Bonchev–Trinajstić information content (AvgIpc) is 3.46. The summed E-state index contributed by atoms with van der Waals surface area (Å²) in [4.78, 5) is 37.7. The number of hydrogen-bond acceptors (Lipinski definition) is 9. The number of anilines is 1. The van der Waals surface area contributed by atoms with Crippen LogP contribution in [0.5, 0.6) is 0 Å². The summed E-state index contributed by atoms with van der Waals surface area (Å²) < 4.78 is 23.6. The van der Waals surface area contributed by atoms with E-state index in [0.29, 0.717) is 30.3 Å². The van der Waals surface area contributed by atoms with E-state index < -0.39 is 15.7 Å². The number of carbonyl (C=O) groups excluding carboxylic acids is 2. The lowest BCUT2D eigenvalue weighted by molar-refractivity contribution is -0.124. The van der Waals surface area contributed by atoms with E-state index in [1.165, 1.54) is 23.5 Å². The van der Waals surface area contributed by atoms with Crippen LogP contribution < -0.4 is 10.6 Å². The first-order chi connectivity index (χ1) is 16.3. The fourth-order valence-corrected chi connectivity index (χ4v) is 5.33. The molecule has 2 N–H and O–H groups in total. The molecule has 0 bridgehead atoms. The summed E-state index contributed by atoms with van der Waals surface area (Å²) in [5.74, 6) is -0.502. The molecule has 0 radical (unpaired) electrons. The van der Waals surface area contributed by atoms with Gasteiger partial charge in [-0.25, -0.2) is 13.4 Å². The van der Waals surface area contributed by atoms with Crippen LogP contribution in [0.3, 0.4) is 0 Å². The summed E-state index contributed by atoms with van der Waals surface area (Å²) in [5.41, 5.74) is 0.496. The van der Waals surface area contributed by atoms with E-state index in [-0.39, 0.29) is 22.6 Å². The van der Waals surface area contributed by atoms with Gasteiger partial charge in [0.05, 0.1) is 11.4 Å². The maximum Gasteiger partial charge on any atom is 0.280 e. The van der Waals surface area contributed by atoms with Crippen LogP contribution in [0, 0.1) is 0 Å². The Morgan fingerprint density at radius 2 is 2.03 bits per heavy atom. The molecule has 0 atom stereocenters. The van der Waals surface area contributed by atoms with Gasteiger partial charge in [-0.15, -0.1) is 11.3 Å². The predicted molar refractivity (Wildman–Crippen MR) is 128 cm³/mol. The van der Waals surface area contributed by atoms with E-state index in [2.05, 4.69) is 20.8 Å². The quantitative estimate of drug-likeness (QED) is 0.413. The van der Waals surface area contributed by atoms with Gasteiger partial charge in [-0.3, -0.25) is 19.8 Å². The second kappa shape index (κ2) is 10.6. The number of piperazine rings is 1. The molecule has 4 rings (SSSR count). The van der Waals surface area contributed by atoms with Gasteiger partial charge >= 0.3 is 0 Å². The first-order valence-corrected chi connectivity index (χ1v) is 13.8. The molecule has 0 spiro atoms. The molecule has 2 aliphatic rings. The Balaban J connectivity index is 1.48. The Morgan fingerprint density at radius 3 is 2.71 bits per heavy atom. The van der Waals surface area contributed by atoms with Gasteiger partial charge in [-0.2, -0.15) is 0 Å². The van der Waals surface area contributed by atoms with Crippen LogP contribution in [-0.2, 0) is 30.8 Å². The minimum absolute atomic E-state index is 0.00528. The Labute approximate surface area is 202 Å². The topological polar surface area (TPSA) is 130 Å². The predicted octanol–water partition coefficient (Wildman–Crippen LogP) is 1.78. The molecule has 1 saturated heterocycles. The fraction of sp³-hybridized carbons (Fsp3) is 0.455. The highest BCUT2D eigenvalue weighted by Crippen LogP contribution is 2.23. The lowest BCUT2D eigenvalue weighted by Crippen LogP contribution is -2.46. The van der Waals surface area contributed by atoms with Crippen LogP contribution in [0.1, 0.15) is 36.1 Å². The summed E-state index contributed by atoms with van der Waals surface area (Å²) >= 11 is 1.33. The third-order valence-electron chi connectivity index (χ3n) is 5.64. The summed E-state index contributed by atoms with van der Waals surface area (Å²) in [6, 6.07) is 5.97. The van der Waals surface area contributed by atoms with Gasteiger partial charge in [0.15, 0.2) is 20.7 Å². The van der Waals surface area contributed by atoms with Crippen molar-refractivity contribution >= 4 is 43.8 Å². The molecule has 34 heavy (non-hydrogen) atoms. The molecule has 0 unspecified atom stereocenters. The third-order valence-corrected chi connectivity index (χ3v) is 7.66. The maximum absolute atomic E-state index is 13.1. The van der Waals surface area contributed by atoms with Crippen molar-refractivity contribution in [3.8, 4) is 0 Å². The lowest BCUT2D eigenvalue weighted by Gasteiger charge is -2.25. The van der Waals surface area contributed by atoms with E-state index >= 15 is 0 Å². The summed E-state index contributed by atoms with van der Waals surface area (Å²) in [6.07, 6.45) is 6.66. The molecule has 1 aromatic carbocycles. The van der Waals surface area contributed by atoms with E-state index in [1.54, 1.807) is 18.3 Å². The van der Waals surface area contributed by atoms with Crippen molar-refractivity contribution in [2.75, 3.05) is 31.2 Å². The molecule has 12 heteroatoms. The fourth-order valence-electron chi connectivity index (χ4n) is 3.85. The van der Waals surface area contributed by atoms with Gasteiger partial charge < -0.3 is 10.2 Å². The Hall–Kier alpha value is -2.83. The zero-order valence-electron chi connectivity index (χ0n) is 18.8. The molecule has 1 aliphatic carbocycles. The van der Waals surface area contributed by atoms with Gasteiger partial charge in [-0.05, 0) is 37.8 Å². The number of nitrogens with one attached hydrogen (secondary N) is 2. The number of amides is 2. The van der Waals surface area contributed by atoms with Crippen LogP contribution in [-0.4, -0.2) is 67.8 Å². The maximum atomic E-state index is 13.1. The first-order valence-electron chi connectivity index (χ1n) is 11.1. The van der Waals surface area contributed by atoms with Crippen LogP contribution >= 0.6 is 11.3 Å². The van der Waals surface area contributed by atoms with Crippen molar-refractivity contribution in [1.82, 2.24) is 15.2 Å². The van der Waals surface area contributed by atoms with Crippen molar-refractivity contribution in [3.63, 3.8) is 0 Å². The van der Waals surface area contributed by atoms with Crippen molar-refractivity contribution in [1.29, 1.82) is 0 Å². The van der Waals surface area contributed by atoms with Crippen molar-refractivity contribution in [2.45, 2.75) is 43.2 Å². The zero-order valence-corrected chi connectivity index (χ0v) is 20.5. The second-order valence-electron chi connectivity index (χ2n) is 8.39. The van der Waals surface area contributed by atoms with Crippen molar-refractivity contribution in [3.05, 3.63) is 40.9 Å². The summed E-state index contributed by atoms with van der Waals surface area (Å²) in [5, 5.41) is 10.1. The SMILES string of the molecule is CS(=O)(=O)c1ccc(C(=NOC2CCCC2)C(=O)Nc2ncc(CN3CCNC(=O)C3)s2)cc1. The molecule has 10 nitrogen and oxygen atoms in total. The number of carbonyl (C=O) groups is 2. The monoisotopic (exact) mass is 505 g/mol. The number of hydrogen-bond donors (Lipinski definition) is 2. The van der Waals surface area contributed by atoms with Crippen LogP contribution in [0.15, 0.2) is 40.5 Å². The number of rotatable bonds is 8. The van der Waals surface area contributed by atoms with Crippen molar-refractivity contribution in [2.24, 2.45) is 5.16 Å². The minimum atomic E-state index is -3.36. The van der Waals surface area contributed by atoms with Gasteiger partial charge in [0.2, 0.25) is 5.91 Å². The van der Waals surface area contributed by atoms with Crippen LogP contribution in [0.25, 0.3) is 0 Å². The number of benzene rings is 1. The highest BCUT2D eigenvalue weighted by atomic mass is 32.2. The van der Waals surface area contributed by atoms with Gasteiger partial charge in [0.1, 0.15) is 6.10 Å². The highest BCUT2D eigenvalue weighted by molar-refractivity contribution is 7.90. The molecule has 1 aromatic heterocycles. The number of thiazole rings is 1.